The fraction of sp³-hybridized carbons (Fsp3) is 0.571. The first-order chi connectivity index (χ1) is 16.1. The number of nitrogens with one attached hydrogen (secondary N) is 1. The monoisotopic (exact) mass is 650 g/mol. The second kappa shape index (κ2) is 9.54. The van der Waals surface area contributed by atoms with Crippen LogP contribution < -0.4 is 5.32 Å². The summed E-state index contributed by atoms with van der Waals surface area (Å²) in [7, 11) is 0. The quantitative estimate of drug-likeness (QED) is 0.320. The lowest BCUT2D eigenvalue weighted by Crippen LogP contribution is -2.68. The van der Waals surface area contributed by atoms with Gasteiger partial charge in [0.1, 0.15) is 5.82 Å². The van der Waals surface area contributed by atoms with Gasteiger partial charge in [0, 0.05) is 10.7 Å². The van der Waals surface area contributed by atoms with E-state index in [1.807, 2.05) is 4.74 Å². The smallest absolute Gasteiger partial charge is 0.305 e. The average molecular weight is 651 g/mol. The van der Waals surface area contributed by atoms with Gasteiger partial charge in [0.2, 0.25) is 0 Å². The molecule has 1 rings (SSSR count). The number of carbonyl (C=O) groups is 1. The molecule has 2 unspecified atom stereocenters. The Kier molecular flexibility index (Phi) is 8.47. The number of ether oxygens (including phenoxy) is 2. The standard InChI is InChI=1S/C14H4BrF17N2O3/c15-4-1-2-5(33-3-4)34-6(35)7(16,10(20,21)22)36-14(31,32)9(19,12(26,27)28)37-13(29,30)8(17,18)11(23,24)25/h1-3H,(H,33,34,35). The Bertz CT molecular complexity index is 977. The summed E-state index contributed by atoms with van der Waals surface area (Å²) < 4.78 is 225. The van der Waals surface area contributed by atoms with E-state index >= 15 is 0 Å². The van der Waals surface area contributed by atoms with Crippen LogP contribution in [0.3, 0.4) is 0 Å². The predicted molar refractivity (Wildman–Crippen MR) is 83.4 cm³/mol. The van der Waals surface area contributed by atoms with Gasteiger partial charge in [-0.3, -0.25) is 14.3 Å². The lowest BCUT2D eigenvalue weighted by atomic mass is 10.2. The first kappa shape index (κ1) is 32.9. The third-order valence-electron chi connectivity index (χ3n) is 3.62. The molecule has 0 aliphatic rings. The molecule has 0 bridgehead atoms. The molecular weight excluding hydrogens is 647 g/mol. The zero-order chi connectivity index (χ0) is 29.7. The van der Waals surface area contributed by atoms with E-state index in [0.717, 1.165) is 11.4 Å². The van der Waals surface area contributed by atoms with E-state index in [2.05, 4.69) is 20.9 Å². The largest absolute Gasteiger partial charge is 0.462 e. The van der Waals surface area contributed by atoms with Crippen LogP contribution in [0.4, 0.5) is 80.5 Å². The van der Waals surface area contributed by atoms with Crippen molar-refractivity contribution in [1.82, 2.24) is 4.98 Å². The molecule has 214 valence electrons. The van der Waals surface area contributed by atoms with E-state index in [4.69, 9.17) is 0 Å². The number of aromatic nitrogens is 1. The Morgan fingerprint density at radius 2 is 1.19 bits per heavy atom. The molecule has 1 aromatic rings. The van der Waals surface area contributed by atoms with Crippen molar-refractivity contribution >= 4 is 27.7 Å². The minimum absolute atomic E-state index is 0.0248. The predicted octanol–water partition coefficient (Wildman–Crippen LogP) is 6.66. The van der Waals surface area contributed by atoms with Gasteiger partial charge >= 0.3 is 54.3 Å². The minimum atomic E-state index is -8.07. The molecule has 0 saturated carbocycles. The normalized spacial score (nSPS) is 17.7. The van der Waals surface area contributed by atoms with Crippen molar-refractivity contribution in [3.05, 3.63) is 22.8 Å². The van der Waals surface area contributed by atoms with E-state index in [-0.39, 0.29) is 4.47 Å². The lowest BCUT2D eigenvalue weighted by Gasteiger charge is -2.40. The lowest BCUT2D eigenvalue weighted by molar-refractivity contribution is -0.548. The van der Waals surface area contributed by atoms with Crippen molar-refractivity contribution in [2.75, 3.05) is 5.32 Å². The zero-order valence-electron chi connectivity index (χ0n) is 16.2. The van der Waals surface area contributed by atoms with E-state index in [1.54, 1.807) is 0 Å². The van der Waals surface area contributed by atoms with Crippen molar-refractivity contribution in [1.29, 1.82) is 0 Å². The number of halogens is 18. The van der Waals surface area contributed by atoms with Crippen LogP contribution >= 0.6 is 15.9 Å². The summed E-state index contributed by atoms with van der Waals surface area (Å²) in [6.07, 6.45) is -38.0. The molecule has 2 atom stereocenters. The fourth-order valence-corrected chi connectivity index (χ4v) is 2.04. The number of pyridine rings is 1. The third kappa shape index (κ3) is 6.12. The topological polar surface area (TPSA) is 60.5 Å². The van der Waals surface area contributed by atoms with Crippen molar-refractivity contribution in [2.45, 2.75) is 48.4 Å². The maximum Gasteiger partial charge on any atom is 0.462 e. The molecule has 0 spiro atoms. The number of alkyl halides is 17. The van der Waals surface area contributed by atoms with E-state index in [1.165, 1.54) is 4.74 Å². The Morgan fingerprint density at radius 3 is 1.54 bits per heavy atom. The maximum atomic E-state index is 14.3. The van der Waals surface area contributed by atoms with Gasteiger partial charge in [0.25, 0.3) is 0 Å². The number of hydrogen-bond acceptors (Lipinski definition) is 4. The van der Waals surface area contributed by atoms with E-state index in [0.29, 0.717) is 12.3 Å². The van der Waals surface area contributed by atoms with Crippen molar-refractivity contribution < 1.29 is 88.9 Å². The van der Waals surface area contributed by atoms with Crippen LogP contribution in [0, 0.1) is 0 Å². The van der Waals surface area contributed by atoms with Crippen molar-refractivity contribution in [2.24, 2.45) is 0 Å². The van der Waals surface area contributed by atoms with Gasteiger partial charge in [0.15, 0.2) is 0 Å². The van der Waals surface area contributed by atoms with Gasteiger partial charge in [-0.2, -0.15) is 74.6 Å². The Labute approximate surface area is 199 Å². The van der Waals surface area contributed by atoms with Gasteiger partial charge in [-0.05, 0) is 28.1 Å². The molecule has 1 N–H and O–H groups in total. The van der Waals surface area contributed by atoms with Crippen LogP contribution in [0.15, 0.2) is 22.8 Å². The summed E-state index contributed by atoms with van der Waals surface area (Å²) in [6.45, 7) is 0. The minimum Gasteiger partial charge on any atom is -0.305 e. The second-order valence-corrected chi connectivity index (χ2v) is 7.23. The molecule has 0 fully saturated rings. The Hall–Kier alpha value is -2.17. The van der Waals surface area contributed by atoms with Crippen LogP contribution in [-0.2, 0) is 14.3 Å². The molecule has 0 radical (unpaired) electrons. The number of carbonyl (C=O) groups excluding carboxylic acids is 1. The number of nitrogens with zero attached hydrogens (tertiary/aromatic N) is 1. The zero-order valence-corrected chi connectivity index (χ0v) is 17.8. The summed E-state index contributed by atoms with van der Waals surface area (Å²) in [5, 5.41) is 0.736. The summed E-state index contributed by atoms with van der Waals surface area (Å²) in [5.74, 6) is -27.5. The van der Waals surface area contributed by atoms with Gasteiger partial charge < -0.3 is 5.32 Å². The second-order valence-electron chi connectivity index (χ2n) is 6.31. The summed E-state index contributed by atoms with van der Waals surface area (Å²) in [5.41, 5.74) is 0. The van der Waals surface area contributed by atoms with Gasteiger partial charge in [0.05, 0.1) is 0 Å². The average Bonchev–Trinajstić information content (AvgIpc) is 2.66. The third-order valence-corrected chi connectivity index (χ3v) is 4.09. The van der Waals surface area contributed by atoms with Gasteiger partial charge in [-0.1, -0.05) is 0 Å². The van der Waals surface area contributed by atoms with E-state index < -0.39 is 60.1 Å². The van der Waals surface area contributed by atoms with Crippen LogP contribution in [-0.4, -0.2) is 59.3 Å². The SMILES string of the molecule is O=C(Nc1ccc(Br)cn1)C(F)(OC(F)(F)C(F)(OC(F)(F)C(F)(F)C(F)(F)F)C(F)(F)F)C(F)(F)F. The highest BCUT2D eigenvalue weighted by molar-refractivity contribution is 9.10. The summed E-state index contributed by atoms with van der Waals surface area (Å²) in [6, 6.07) is 1.35. The molecule has 1 amide bonds. The van der Waals surface area contributed by atoms with Crippen molar-refractivity contribution in [3.63, 3.8) is 0 Å². The molecule has 1 aromatic heterocycles. The summed E-state index contributed by atoms with van der Waals surface area (Å²) in [4.78, 5) is 14.7. The number of anilines is 1. The number of amides is 1. The molecule has 1 heterocycles. The highest BCUT2D eigenvalue weighted by atomic mass is 79.9. The van der Waals surface area contributed by atoms with Crippen LogP contribution in [0.5, 0.6) is 0 Å². The van der Waals surface area contributed by atoms with E-state index in [9.17, 15) is 79.4 Å². The first-order valence-electron chi connectivity index (χ1n) is 8.10. The highest BCUT2D eigenvalue weighted by Crippen LogP contribution is 2.56. The van der Waals surface area contributed by atoms with Crippen LogP contribution in [0.25, 0.3) is 0 Å². The first-order valence-corrected chi connectivity index (χ1v) is 8.90. The summed E-state index contributed by atoms with van der Waals surface area (Å²) >= 11 is 2.71. The molecule has 0 saturated heterocycles. The molecule has 0 aromatic carbocycles. The molecule has 37 heavy (non-hydrogen) atoms. The molecule has 0 aliphatic heterocycles. The van der Waals surface area contributed by atoms with Gasteiger partial charge in [-0.15, -0.1) is 0 Å². The number of hydrogen-bond donors (Lipinski definition) is 1. The number of rotatable bonds is 8. The molecular formula is C14H4BrF17N2O3. The molecule has 5 nitrogen and oxygen atoms in total. The van der Waals surface area contributed by atoms with Crippen LogP contribution in [0.1, 0.15) is 0 Å². The van der Waals surface area contributed by atoms with Gasteiger partial charge in [-0.25, -0.2) is 4.98 Å². The highest BCUT2D eigenvalue weighted by Gasteiger charge is 2.85. The van der Waals surface area contributed by atoms with Crippen molar-refractivity contribution in [3.8, 4) is 0 Å². The maximum absolute atomic E-state index is 14.3. The Morgan fingerprint density at radius 1 is 0.703 bits per heavy atom. The Balaban J connectivity index is 3.61. The molecule has 0 aliphatic carbocycles. The van der Waals surface area contributed by atoms with Crippen LogP contribution in [0.2, 0.25) is 0 Å². The fourth-order valence-electron chi connectivity index (χ4n) is 1.81. The molecule has 23 heteroatoms.